The van der Waals surface area contributed by atoms with Gasteiger partial charge in [0.05, 0.1) is 11.4 Å². The first-order valence-electron chi connectivity index (χ1n) is 9.54. The first-order chi connectivity index (χ1) is 14.9. The lowest BCUT2D eigenvalue weighted by Gasteiger charge is -2.33. The number of benzene rings is 2. The van der Waals surface area contributed by atoms with Gasteiger partial charge in [0.25, 0.3) is 0 Å². The smallest absolute Gasteiger partial charge is 0.415 e. The van der Waals surface area contributed by atoms with Crippen LogP contribution in [0.3, 0.4) is 0 Å². The number of nitrogens with zero attached hydrogens (tertiary/aromatic N) is 1. The summed E-state index contributed by atoms with van der Waals surface area (Å²) in [5, 5.41) is 10.4. The number of ether oxygens (including phenoxy) is 1. The van der Waals surface area contributed by atoms with Crippen LogP contribution in [0.5, 0.6) is 5.75 Å². The highest BCUT2D eigenvalue weighted by Gasteiger charge is 2.33. The molecular weight excluding hydrogens is 456 g/mol. The SMILES string of the molecule is CCCN1C(=O)OC(C)c2cc(NS(=O)(=O)Cc3c(F)c(F)c(C)c(F)c3F)cc(O)c21. The Morgan fingerprint density at radius 2 is 1.72 bits per heavy atom. The molecule has 0 fully saturated rings. The Morgan fingerprint density at radius 3 is 2.28 bits per heavy atom. The Hall–Kier alpha value is -3.02. The summed E-state index contributed by atoms with van der Waals surface area (Å²) in [4.78, 5) is 13.3. The number of rotatable bonds is 6. The van der Waals surface area contributed by atoms with Crippen molar-refractivity contribution in [2.24, 2.45) is 0 Å². The fraction of sp³-hybridized carbons (Fsp3) is 0.350. The predicted molar refractivity (Wildman–Crippen MR) is 108 cm³/mol. The lowest BCUT2D eigenvalue weighted by atomic mass is 10.0. The molecule has 1 unspecified atom stereocenters. The molecule has 32 heavy (non-hydrogen) atoms. The molecular formula is C20H20F4N2O5S. The van der Waals surface area contributed by atoms with Crippen molar-refractivity contribution < 1.29 is 40.6 Å². The van der Waals surface area contributed by atoms with Gasteiger partial charge in [-0.1, -0.05) is 6.92 Å². The summed E-state index contributed by atoms with van der Waals surface area (Å²) >= 11 is 0. The van der Waals surface area contributed by atoms with E-state index in [0.29, 0.717) is 12.0 Å². The summed E-state index contributed by atoms with van der Waals surface area (Å²) in [5.74, 6) is -8.82. The predicted octanol–water partition coefficient (Wildman–Crippen LogP) is 4.63. The Kier molecular flexibility index (Phi) is 6.27. The molecule has 3 rings (SSSR count). The van der Waals surface area contributed by atoms with Gasteiger partial charge >= 0.3 is 6.09 Å². The first kappa shape index (κ1) is 23.6. The van der Waals surface area contributed by atoms with E-state index in [0.717, 1.165) is 13.0 Å². The van der Waals surface area contributed by atoms with Crippen LogP contribution in [0, 0.1) is 30.2 Å². The Bertz CT molecular complexity index is 1170. The first-order valence-corrected chi connectivity index (χ1v) is 11.2. The molecule has 0 aliphatic carbocycles. The van der Waals surface area contributed by atoms with E-state index in [4.69, 9.17) is 4.74 Å². The van der Waals surface area contributed by atoms with Gasteiger partial charge in [-0.05, 0) is 26.3 Å². The van der Waals surface area contributed by atoms with E-state index >= 15 is 0 Å². The second-order valence-corrected chi connectivity index (χ2v) is 9.05. The highest BCUT2D eigenvalue weighted by molar-refractivity contribution is 7.91. The van der Waals surface area contributed by atoms with Gasteiger partial charge in [0.15, 0.2) is 23.3 Å². The number of hydrogen-bond donors (Lipinski definition) is 2. The van der Waals surface area contributed by atoms with Gasteiger partial charge in [-0.3, -0.25) is 9.62 Å². The third-order valence-electron chi connectivity index (χ3n) is 4.95. The largest absolute Gasteiger partial charge is 0.506 e. The molecule has 2 aromatic rings. The fourth-order valence-electron chi connectivity index (χ4n) is 3.42. The topological polar surface area (TPSA) is 95.9 Å². The minimum Gasteiger partial charge on any atom is -0.506 e. The quantitative estimate of drug-likeness (QED) is 0.468. The van der Waals surface area contributed by atoms with E-state index in [1.54, 1.807) is 6.92 Å². The van der Waals surface area contributed by atoms with Crippen molar-refractivity contribution in [3.63, 3.8) is 0 Å². The third-order valence-corrected chi connectivity index (χ3v) is 6.17. The molecule has 0 bridgehead atoms. The van der Waals surface area contributed by atoms with E-state index in [9.17, 15) is 35.9 Å². The van der Waals surface area contributed by atoms with E-state index in [1.807, 2.05) is 4.72 Å². The third kappa shape index (κ3) is 4.18. The van der Waals surface area contributed by atoms with Crippen LogP contribution in [-0.2, 0) is 20.5 Å². The number of amides is 1. The van der Waals surface area contributed by atoms with Crippen molar-refractivity contribution in [3.8, 4) is 5.75 Å². The maximum Gasteiger partial charge on any atom is 0.415 e. The zero-order valence-electron chi connectivity index (χ0n) is 17.3. The summed E-state index contributed by atoms with van der Waals surface area (Å²) in [6, 6.07) is 2.29. The normalized spacial score (nSPS) is 16.0. The van der Waals surface area contributed by atoms with Gasteiger partial charge in [0.2, 0.25) is 10.0 Å². The van der Waals surface area contributed by atoms with Crippen LogP contribution in [0.2, 0.25) is 0 Å². The number of fused-ring (bicyclic) bond motifs is 1. The molecule has 1 aliphatic heterocycles. The number of hydrogen-bond acceptors (Lipinski definition) is 5. The molecule has 2 aromatic carbocycles. The Labute approximate surface area is 181 Å². The summed E-state index contributed by atoms with van der Waals surface area (Å²) in [6.45, 7) is 4.37. The van der Waals surface area contributed by atoms with Crippen LogP contribution in [0.15, 0.2) is 12.1 Å². The minimum atomic E-state index is -4.57. The molecule has 0 aromatic heterocycles. The van der Waals surface area contributed by atoms with Gasteiger partial charge in [0, 0.05) is 29.3 Å². The molecule has 1 atom stereocenters. The number of phenols is 1. The van der Waals surface area contributed by atoms with Crippen LogP contribution < -0.4 is 9.62 Å². The molecule has 1 heterocycles. The second-order valence-electron chi connectivity index (χ2n) is 7.33. The van der Waals surface area contributed by atoms with E-state index in [-0.39, 0.29) is 17.9 Å². The van der Waals surface area contributed by atoms with Crippen molar-refractivity contribution in [3.05, 3.63) is 52.1 Å². The average Bonchev–Trinajstić information content (AvgIpc) is 2.71. The molecule has 1 amide bonds. The standard InChI is InChI=1S/C20H20F4N2O5S/c1-4-5-26-19-12(10(3)31-20(26)28)6-11(7-14(19)27)25-32(29,30)8-13-17(23)15(21)9(2)16(22)18(13)24/h6-7,10,25,27H,4-5,8H2,1-3H3. The number of anilines is 2. The molecule has 0 radical (unpaired) electrons. The summed E-state index contributed by atoms with van der Waals surface area (Å²) < 4.78 is 87.9. The van der Waals surface area contributed by atoms with Gasteiger partial charge in [0.1, 0.15) is 17.6 Å². The Morgan fingerprint density at radius 1 is 1.12 bits per heavy atom. The number of sulfonamides is 1. The highest BCUT2D eigenvalue weighted by Crippen LogP contribution is 2.43. The van der Waals surface area contributed by atoms with Crippen LogP contribution in [-0.4, -0.2) is 26.2 Å². The molecule has 0 saturated carbocycles. The average molecular weight is 476 g/mol. The lowest BCUT2D eigenvalue weighted by Crippen LogP contribution is -2.37. The van der Waals surface area contributed by atoms with Crippen LogP contribution in [0.1, 0.15) is 43.1 Å². The molecule has 0 spiro atoms. The van der Waals surface area contributed by atoms with Gasteiger partial charge in [-0.25, -0.2) is 30.8 Å². The highest BCUT2D eigenvalue weighted by atomic mass is 32.2. The fourth-order valence-corrected chi connectivity index (χ4v) is 4.60. The molecule has 1 aliphatic rings. The molecule has 0 saturated heterocycles. The zero-order chi connectivity index (χ0) is 24.0. The van der Waals surface area contributed by atoms with Gasteiger partial charge in [-0.15, -0.1) is 0 Å². The maximum atomic E-state index is 14.1. The summed E-state index contributed by atoms with van der Waals surface area (Å²) in [7, 11) is -4.57. The molecule has 12 heteroatoms. The lowest BCUT2D eigenvalue weighted by molar-refractivity contribution is 0.107. The van der Waals surface area contributed by atoms with Gasteiger partial charge in [-0.2, -0.15) is 0 Å². The monoisotopic (exact) mass is 476 g/mol. The van der Waals surface area contributed by atoms with Crippen molar-refractivity contribution in [1.29, 1.82) is 0 Å². The molecule has 7 nitrogen and oxygen atoms in total. The van der Waals surface area contributed by atoms with Crippen LogP contribution in [0.25, 0.3) is 0 Å². The van der Waals surface area contributed by atoms with E-state index in [2.05, 4.69) is 0 Å². The van der Waals surface area contributed by atoms with E-state index < -0.39 is 68.1 Å². The number of carbonyl (C=O) groups is 1. The van der Waals surface area contributed by atoms with Crippen LogP contribution in [0.4, 0.5) is 33.7 Å². The van der Waals surface area contributed by atoms with Crippen molar-refractivity contribution >= 4 is 27.5 Å². The summed E-state index contributed by atoms with van der Waals surface area (Å²) in [6.07, 6.45) is -0.946. The van der Waals surface area contributed by atoms with Crippen molar-refractivity contribution in [2.45, 2.75) is 39.0 Å². The van der Waals surface area contributed by atoms with E-state index in [1.165, 1.54) is 17.9 Å². The van der Waals surface area contributed by atoms with Crippen molar-refractivity contribution in [2.75, 3.05) is 16.2 Å². The number of nitrogens with one attached hydrogen (secondary N) is 1. The summed E-state index contributed by atoms with van der Waals surface area (Å²) in [5.41, 5.74) is -1.96. The number of cyclic esters (lactones) is 1. The van der Waals surface area contributed by atoms with Gasteiger partial charge < -0.3 is 9.84 Å². The zero-order valence-corrected chi connectivity index (χ0v) is 18.1. The Balaban J connectivity index is 1.97. The molecule has 174 valence electrons. The minimum absolute atomic E-state index is 0.151. The number of aromatic hydroxyl groups is 1. The number of halogens is 4. The number of phenolic OH excluding ortho intramolecular Hbond substituents is 1. The molecule has 2 N–H and O–H groups in total. The van der Waals surface area contributed by atoms with Crippen molar-refractivity contribution in [1.82, 2.24) is 0 Å². The second kappa shape index (κ2) is 8.49. The maximum absolute atomic E-state index is 14.1. The van der Waals surface area contributed by atoms with Crippen LogP contribution >= 0.6 is 0 Å². The number of carbonyl (C=O) groups excluding carboxylic acids is 1.